The molecule has 9 nitrogen and oxygen atoms in total. The topological polar surface area (TPSA) is 99.0 Å². The number of hydrogen-bond acceptors (Lipinski definition) is 8. The molecule has 1 saturated carbocycles. The van der Waals surface area contributed by atoms with Gasteiger partial charge in [0.15, 0.2) is 5.50 Å². The number of benzene rings is 1. The molecule has 2 aromatic rings. The van der Waals surface area contributed by atoms with E-state index in [1.807, 2.05) is 58.0 Å². The number of likely N-dealkylation sites (tertiary alicyclic amines) is 1. The van der Waals surface area contributed by atoms with Crippen LogP contribution in [0.2, 0.25) is 0 Å². The number of hydrogen-bond donors (Lipinski definition) is 1. The Bertz CT molecular complexity index is 1290. The number of rotatable bonds is 4. The van der Waals surface area contributed by atoms with E-state index in [4.69, 9.17) is 22.1 Å². The number of pyridine rings is 1. The Hall–Kier alpha value is -3.45. The van der Waals surface area contributed by atoms with Crippen molar-refractivity contribution in [3.05, 3.63) is 47.8 Å². The summed E-state index contributed by atoms with van der Waals surface area (Å²) in [7, 11) is 0. The zero-order valence-corrected chi connectivity index (χ0v) is 23.8. The zero-order valence-electron chi connectivity index (χ0n) is 22.9. The van der Waals surface area contributed by atoms with Crippen LogP contribution in [0.5, 0.6) is 5.75 Å². The minimum atomic E-state index is -0.634. The number of amides is 2. The number of ether oxygens (including phenoxy) is 2. The van der Waals surface area contributed by atoms with Gasteiger partial charge in [0.2, 0.25) is 0 Å². The van der Waals surface area contributed by atoms with E-state index in [0.717, 1.165) is 49.1 Å². The number of aryl methyl sites for hydroxylation is 1. The van der Waals surface area contributed by atoms with Crippen molar-refractivity contribution in [1.29, 1.82) is 5.26 Å². The molecular formula is C29H35N5O4S. The van der Waals surface area contributed by atoms with Gasteiger partial charge in [0, 0.05) is 31.6 Å². The molecule has 10 heteroatoms. The van der Waals surface area contributed by atoms with Gasteiger partial charge < -0.3 is 19.3 Å². The molecule has 3 fully saturated rings. The van der Waals surface area contributed by atoms with E-state index >= 15 is 0 Å². The highest BCUT2D eigenvalue weighted by molar-refractivity contribution is 7.81. The predicted octanol–water partition coefficient (Wildman–Crippen LogP) is 5.03. The van der Waals surface area contributed by atoms with Crippen LogP contribution in [0, 0.1) is 18.3 Å². The van der Waals surface area contributed by atoms with Gasteiger partial charge >= 0.3 is 6.09 Å². The highest BCUT2D eigenvalue weighted by atomic mass is 32.1. The van der Waals surface area contributed by atoms with Crippen LogP contribution in [0.4, 0.5) is 16.2 Å². The van der Waals surface area contributed by atoms with E-state index in [-0.39, 0.29) is 18.1 Å². The van der Waals surface area contributed by atoms with Gasteiger partial charge in [0.05, 0.1) is 11.9 Å². The summed E-state index contributed by atoms with van der Waals surface area (Å²) in [5.74, 6) is 0.763. The molecule has 2 amide bonds. The van der Waals surface area contributed by atoms with Crippen LogP contribution in [0.25, 0.3) is 0 Å². The van der Waals surface area contributed by atoms with Gasteiger partial charge in [0.25, 0.3) is 5.91 Å². The predicted molar refractivity (Wildman–Crippen MR) is 151 cm³/mol. The third-order valence-electron chi connectivity index (χ3n) is 7.68. The number of anilines is 2. The molecule has 39 heavy (non-hydrogen) atoms. The fourth-order valence-corrected chi connectivity index (χ4v) is 6.13. The van der Waals surface area contributed by atoms with E-state index in [1.54, 1.807) is 16.0 Å². The number of piperidine rings is 1. The molecule has 1 unspecified atom stereocenters. The lowest BCUT2D eigenvalue weighted by atomic mass is 9.75. The summed E-state index contributed by atoms with van der Waals surface area (Å²) >= 11 is 4.90. The van der Waals surface area contributed by atoms with Gasteiger partial charge in [-0.05, 0) is 82.9 Å². The van der Waals surface area contributed by atoms with Crippen molar-refractivity contribution >= 4 is 36.0 Å². The smallest absolute Gasteiger partial charge is 0.410 e. The van der Waals surface area contributed by atoms with Crippen LogP contribution in [-0.2, 0) is 9.53 Å². The molecule has 0 N–H and O–H groups in total. The molecule has 0 bridgehead atoms. The quantitative estimate of drug-likeness (QED) is 0.534. The summed E-state index contributed by atoms with van der Waals surface area (Å²) in [6.07, 6.45) is 5.27. The summed E-state index contributed by atoms with van der Waals surface area (Å²) in [5, 5.41) is 9.25. The lowest BCUT2D eigenvalue weighted by Gasteiger charge is -2.44. The molecule has 3 heterocycles. The standard InChI is InChI=1S/C29H35N5O4S/c1-19-16-21(18-31-24(19)17-30)33-25(35)29(12-5-13-29)34(26(33)39)20-6-8-22(9-7-20)37-23-10-14-32(15-11-23)27(36)38-28(2,3)4/h6-9,16,18,23,26,39H,5,10-15H2,1-4H3. The molecule has 5 rings (SSSR count). The van der Waals surface area contributed by atoms with Gasteiger partial charge in [-0.15, -0.1) is 12.6 Å². The monoisotopic (exact) mass is 549 g/mol. The summed E-state index contributed by atoms with van der Waals surface area (Å²) in [6.45, 7) is 8.61. The second kappa shape index (κ2) is 10.3. The Labute approximate surface area is 235 Å². The number of carbonyl (C=O) groups is 2. The third-order valence-corrected chi connectivity index (χ3v) is 8.14. The largest absolute Gasteiger partial charge is 0.490 e. The van der Waals surface area contributed by atoms with Gasteiger partial charge in [0.1, 0.15) is 34.8 Å². The lowest BCUT2D eigenvalue weighted by molar-refractivity contribution is -0.124. The fraction of sp³-hybridized carbons (Fsp3) is 0.517. The number of nitrogens with zero attached hydrogens (tertiary/aromatic N) is 5. The van der Waals surface area contributed by atoms with Crippen molar-refractivity contribution in [1.82, 2.24) is 9.88 Å². The molecule has 2 saturated heterocycles. The average molecular weight is 550 g/mol. The molecular weight excluding hydrogens is 514 g/mol. The van der Waals surface area contributed by atoms with Crippen molar-refractivity contribution in [3.8, 4) is 11.8 Å². The first-order valence-electron chi connectivity index (χ1n) is 13.4. The molecule has 0 radical (unpaired) electrons. The molecule has 3 aliphatic rings. The minimum Gasteiger partial charge on any atom is -0.490 e. The van der Waals surface area contributed by atoms with Crippen LogP contribution in [0.15, 0.2) is 36.5 Å². The zero-order chi connectivity index (χ0) is 27.9. The number of carbonyl (C=O) groups excluding carboxylic acids is 2. The molecule has 206 valence electrons. The lowest BCUT2D eigenvalue weighted by Crippen LogP contribution is -2.55. The van der Waals surface area contributed by atoms with Crippen LogP contribution in [-0.4, -0.2) is 57.7 Å². The average Bonchev–Trinajstić information content (AvgIpc) is 3.10. The first-order valence-corrected chi connectivity index (χ1v) is 14.0. The number of aromatic nitrogens is 1. The Morgan fingerprint density at radius 3 is 2.36 bits per heavy atom. The van der Waals surface area contributed by atoms with Crippen molar-refractivity contribution in [2.45, 2.75) is 82.5 Å². The molecule has 1 aromatic carbocycles. The second-order valence-corrected chi connectivity index (χ2v) is 12.0. The van der Waals surface area contributed by atoms with Gasteiger partial charge in [-0.2, -0.15) is 5.26 Å². The number of thiol groups is 1. The van der Waals surface area contributed by atoms with Crippen LogP contribution in [0.1, 0.15) is 64.1 Å². The maximum Gasteiger partial charge on any atom is 0.410 e. The highest BCUT2D eigenvalue weighted by Crippen LogP contribution is 2.50. The Morgan fingerprint density at radius 1 is 1.15 bits per heavy atom. The van der Waals surface area contributed by atoms with Crippen molar-refractivity contribution in [2.75, 3.05) is 22.9 Å². The maximum atomic E-state index is 13.7. The minimum absolute atomic E-state index is 0.0109. The Morgan fingerprint density at radius 2 is 1.82 bits per heavy atom. The second-order valence-electron chi connectivity index (χ2n) is 11.5. The molecule has 1 aromatic heterocycles. The van der Waals surface area contributed by atoms with E-state index in [2.05, 4.69) is 16.0 Å². The van der Waals surface area contributed by atoms with Crippen LogP contribution in [0.3, 0.4) is 0 Å². The molecule has 2 aliphatic heterocycles. The van der Waals surface area contributed by atoms with E-state index in [0.29, 0.717) is 24.5 Å². The maximum absolute atomic E-state index is 13.7. The number of nitriles is 1. The van der Waals surface area contributed by atoms with Gasteiger partial charge in [-0.3, -0.25) is 9.69 Å². The highest BCUT2D eigenvalue weighted by Gasteiger charge is 2.60. The van der Waals surface area contributed by atoms with Crippen molar-refractivity contribution in [2.24, 2.45) is 0 Å². The van der Waals surface area contributed by atoms with Crippen molar-refractivity contribution < 1.29 is 19.1 Å². The Kier molecular flexibility index (Phi) is 7.14. The molecule has 1 aliphatic carbocycles. The summed E-state index contributed by atoms with van der Waals surface area (Å²) in [5.41, 5.74) is 0.969. The summed E-state index contributed by atoms with van der Waals surface area (Å²) < 4.78 is 11.7. The SMILES string of the molecule is Cc1cc(N2C(=O)C3(CCC3)N(c3ccc(OC4CCN(C(=O)OC(C)(C)C)CC4)cc3)C2S)cnc1C#N. The molecule has 1 atom stereocenters. The summed E-state index contributed by atoms with van der Waals surface area (Å²) in [4.78, 5) is 35.8. The third kappa shape index (κ3) is 5.12. The van der Waals surface area contributed by atoms with E-state index < -0.39 is 16.6 Å². The fourth-order valence-electron chi connectivity index (χ4n) is 5.54. The van der Waals surface area contributed by atoms with E-state index in [9.17, 15) is 14.9 Å². The van der Waals surface area contributed by atoms with Gasteiger partial charge in [-0.1, -0.05) is 0 Å². The first-order chi connectivity index (χ1) is 18.5. The summed E-state index contributed by atoms with van der Waals surface area (Å²) in [6, 6.07) is 11.7. The molecule has 1 spiro atoms. The Balaban J connectivity index is 1.27. The van der Waals surface area contributed by atoms with E-state index in [1.165, 1.54) is 0 Å². The van der Waals surface area contributed by atoms with Crippen LogP contribution >= 0.6 is 12.6 Å². The van der Waals surface area contributed by atoms with Gasteiger partial charge in [-0.25, -0.2) is 9.78 Å². The first kappa shape index (κ1) is 27.1. The normalized spacial score (nSPS) is 21.1. The van der Waals surface area contributed by atoms with Crippen LogP contribution < -0.4 is 14.5 Å². The van der Waals surface area contributed by atoms with Crippen molar-refractivity contribution in [3.63, 3.8) is 0 Å².